The molecule has 1 aromatic heterocycles. The van der Waals surface area contributed by atoms with Crippen LogP contribution in [-0.4, -0.2) is 55.2 Å². The third-order valence-electron chi connectivity index (χ3n) is 6.08. The topological polar surface area (TPSA) is 50.7 Å². The van der Waals surface area contributed by atoms with Gasteiger partial charge in [-0.2, -0.15) is 9.97 Å². The average Bonchev–Trinajstić information content (AvgIpc) is 2.78. The summed E-state index contributed by atoms with van der Waals surface area (Å²) in [5.74, 6) is 0.944. The van der Waals surface area contributed by atoms with Crippen LogP contribution in [0.2, 0.25) is 5.02 Å². The molecule has 156 valence electrons. The SMILES string of the molecule is COc1nc2c(c(N3CCN(C)CC3)n1)COC(c1cccc3cccc(Cl)c13)C2. The Morgan fingerprint density at radius 1 is 1.07 bits per heavy atom. The Bertz CT molecular complexity index is 1080. The summed E-state index contributed by atoms with van der Waals surface area (Å²) in [5, 5.41) is 2.92. The zero-order chi connectivity index (χ0) is 20.7. The summed E-state index contributed by atoms with van der Waals surface area (Å²) in [6.07, 6.45) is 0.556. The molecule has 0 aliphatic carbocycles. The second-order valence-corrected chi connectivity index (χ2v) is 8.35. The minimum Gasteiger partial charge on any atom is -0.467 e. The zero-order valence-electron chi connectivity index (χ0n) is 17.3. The van der Waals surface area contributed by atoms with Gasteiger partial charge in [0.15, 0.2) is 0 Å². The van der Waals surface area contributed by atoms with Crippen LogP contribution in [0.3, 0.4) is 0 Å². The lowest BCUT2D eigenvalue weighted by Gasteiger charge is -2.36. The first-order chi connectivity index (χ1) is 14.6. The maximum Gasteiger partial charge on any atom is 0.318 e. The highest BCUT2D eigenvalue weighted by Crippen LogP contribution is 2.39. The van der Waals surface area contributed by atoms with Gasteiger partial charge >= 0.3 is 6.01 Å². The van der Waals surface area contributed by atoms with Crippen LogP contribution in [0.15, 0.2) is 36.4 Å². The van der Waals surface area contributed by atoms with E-state index in [9.17, 15) is 0 Å². The Morgan fingerprint density at radius 3 is 2.60 bits per heavy atom. The number of nitrogens with zero attached hydrogens (tertiary/aromatic N) is 4. The van der Waals surface area contributed by atoms with Crippen LogP contribution < -0.4 is 9.64 Å². The molecule has 1 atom stereocenters. The van der Waals surface area contributed by atoms with E-state index in [0.29, 0.717) is 19.0 Å². The van der Waals surface area contributed by atoms with Crippen molar-refractivity contribution in [3.63, 3.8) is 0 Å². The lowest BCUT2D eigenvalue weighted by Crippen LogP contribution is -2.45. The van der Waals surface area contributed by atoms with Gasteiger partial charge in [-0.1, -0.05) is 41.9 Å². The molecule has 0 radical (unpaired) electrons. The van der Waals surface area contributed by atoms with E-state index >= 15 is 0 Å². The quantitative estimate of drug-likeness (QED) is 0.636. The van der Waals surface area contributed by atoms with Crippen LogP contribution in [0, 0.1) is 0 Å². The van der Waals surface area contributed by atoms with Crippen LogP contribution in [0.25, 0.3) is 10.8 Å². The lowest BCUT2D eigenvalue weighted by atomic mass is 9.94. The highest BCUT2D eigenvalue weighted by molar-refractivity contribution is 6.35. The molecule has 1 fully saturated rings. The third kappa shape index (κ3) is 3.49. The first-order valence-corrected chi connectivity index (χ1v) is 10.7. The van der Waals surface area contributed by atoms with Gasteiger partial charge in [-0.05, 0) is 24.1 Å². The number of fused-ring (bicyclic) bond motifs is 2. The number of anilines is 1. The van der Waals surface area contributed by atoms with Gasteiger partial charge in [0.05, 0.1) is 25.5 Å². The molecule has 0 amide bonds. The van der Waals surface area contributed by atoms with Gasteiger partial charge in [0.2, 0.25) is 0 Å². The van der Waals surface area contributed by atoms with E-state index in [0.717, 1.165) is 64.6 Å². The van der Waals surface area contributed by atoms with Crippen molar-refractivity contribution >= 4 is 28.2 Å². The third-order valence-corrected chi connectivity index (χ3v) is 6.39. The van der Waals surface area contributed by atoms with Gasteiger partial charge < -0.3 is 19.3 Å². The van der Waals surface area contributed by atoms with Gasteiger partial charge in [-0.3, -0.25) is 0 Å². The summed E-state index contributed by atoms with van der Waals surface area (Å²) < 4.78 is 11.8. The largest absolute Gasteiger partial charge is 0.467 e. The van der Waals surface area contributed by atoms with Gasteiger partial charge in [-0.25, -0.2) is 0 Å². The summed E-state index contributed by atoms with van der Waals surface area (Å²) in [7, 11) is 3.77. The van der Waals surface area contributed by atoms with Crippen molar-refractivity contribution < 1.29 is 9.47 Å². The molecule has 1 unspecified atom stereocenters. The number of halogens is 1. The first-order valence-electron chi connectivity index (χ1n) is 10.3. The highest BCUT2D eigenvalue weighted by atomic mass is 35.5. The number of likely N-dealkylation sites (N-methyl/N-ethyl adjacent to an activating group) is 1. The monoisotopic (exact) mass is 424 g/mol. The number of aromatic nitrogens is 2. The number of ether oxygens (including phenoxy) is 2. The highest BCUT2D eigenvalue weighted by Gasteiger charge is 2.30. The van der Waals surface area contributed by atoms with Crippen LogP contribution in [0.5, 0.6) is 6.01 Å². The molecule has 0 bridgehead atoms. The molecule has 0 spiro atoms. The molecule has 3 aromatic rings. The molecule has 5 rings (SSSR count). The Kier molecular flexibility index (Phi) is 5.23. The predicted octanol–water partition coefficient (Wildman–Crippen LogP) is 3.86. The molecule has 2 aromatic carbocycles. The standard InChI is InChI=1S/C23H25ClN4O2/c1-27-9-11-28(12-10-27)22-17-14-30-20(13-19(17)25-23(26-22)29-2)16-7-3-5-15-6-4-8-18(24)21(15)16/h3-8,20H,9-14H2,1-2H3. The van der Waals surface area contributed by atoms with E-state index in [4.69, 9.17) is 26.1 Å². The summed E-state index contributed by atoms with van der Waals surface area (Å²) in [4.78, 5) is 14.0. The second-order valence-electron chi connectivity index (χ2n) is 7.94. The van der Waals surface area contributed by atoms with Crippen LogP contribution >= 0.6 is 11.6 Å². The van der Waals surface area contributed by atoms with Crippen molar-refractivity contribution in [3.05, 3.63) is 58.2 Å². The van der Waals surface area contributed by atoms with Crippen LogP contribution in [0.4, 0.5) is 5.82 Å². The fourth-order valence-corrected chi connectivity index (χ4v) is 4.68. The smallest absolute Gasteiger partial charge is 0.318 e. The lowest BCUT2D eigenvalue weighted by molar-refractivity contribution is 0.0266. The van der Waals surface area contributed by atoms with Crippen LogP contribution in [-0.2, 0) is 17.8 Å². The van der Waals surface area contributed by atoms with E-state index < -0.39 is 0 Å². The summed E-state index contributed by atoms with van der Waals surface area (Å²) in [6.45, 7) is 4.38. The summed E-state index contributed by atoms with van der Waals surface area (Å²) >= 11 is 6.56. The zero-order valence-corrected chi connectivity index (χ0v) is 18.0. The van der Waals surface area contributed by atoms with Crippen molar-refractivity contribution in [2.45, 2.75) is 19.1 Å². The maximum atomic E-state index is 6.56. The Labute approximate surface area is 181 Å². The maximum absolute atomic E-state index is 6.56. The molecule has 0 N–H and O–H groups in total. The number of methoxy groups -OCH3 is 1. The normalized spacial score (nSPS) is 19.7. The molecular formula is C23H25ClN4O2. The Balaban J connectivity index is 1.52. The van der Waals surface area contributed by atoms with E-state index in [2.05, 4.69) is 46.1 Å². The molecule has 6 nitrogen and oxygen atoms in total. The molecule has 2 aliphatic rings. The predicted molar refractivity (Wildman–Crippen MR) is 118 cm³/mol. The van der Waals surface area contributed by atoms with E-state index in [-0.39, 0.29) is 6.10 Å². The molecule has 7 heteroatoms. The van der Waals surface area contributed by atoms with Crippen molar-refractivity contribution in [1.29, 1.82) is 0 Å². The average molecular weight is 425 g/mol. The minimum absolute atomic E-state index is 0.110. The molecule has 3 heterocycles. The van der Waals surface area contributed by atoms with Gasteiger partial charge in [-0.15, -0.1) is 0 Å². The van der Waals surface area contributed by atoms with Crippen LogP contribution in [0.1, 0.15) is 22.9 Å². The fraction of sp³-hybridized carbons (Fsp3) is 0.391. The fourth-order valence-electron chi connectivity index (χ4n) is 4.39. The van der Waals surface area contributed by atoms with E-state index in [1.54, 1.807) is 7.11 Å². The van der Waals surface area contributed by atoms with Gasteiger partial charge in [0.25, 0.3) is 0 Å². The molecule has 1 saturated heterocycles. The molecular weight excluding hydrogens is 400 g/mol. The van der Waals surface area contributed by atoms with Crippen molar-refractivity contribution in [2.75, 3.05) is 45.2 Å². The van der Waals surface area contributed by atoms with Crippen molar-refractivity contribution in [1.82, 2.24) is 14.9 Å². The number of piperazine rings is 1. The Hall–Kier alpha value is -2.41. The number of rotatable bonds is 3. The van der Waals surface area contributed by atoms with Gasteiger partial charge in [0.1, 0.15) is 5.82 Å². The molecule has 2 aliphatic heterocycles. The van der Waals surface area contributed by atoms with Gasteiger partial charge in [0, 0.05) is 48.6 Å². The van der Waals surface area contributed by atoms with E-state index in [1.807, 2.05) is 12.1 Å². The summed E-state index contributed by atoms with van der Waals surface area (Å²) in [5.41, 5.74) is 3.17. The molecule has 0 saturated carbocycles. The Morgan fingerprint density at radius 2 is 1.83 bits per heavy atom. The minimum atomic E-state index is -0.110. The number of benzene rings is 2. The van der Waals surface area contributed by atoms with E-state index in [1.165, 1.54) is 0 Å². The van der Waals surface area contributed by atoms with Crippen molar-refractivity contribution in [2.24, 2.45) is 0 Å². The summed E-state index contributed by atoms with van der Waals surface area (Å²) in [6, 6.07) is 12.6. The molecule has 30 heavy (non-hydrogen) atoms. The number of hydrogen-bond donors (Lipinski definition) is 0. The second kappa shape index (κ2) is 8.02. The first kappa shape index (κ1) is 19.5. The number of hydrogen-bond acceptors (Lipinski definition) is 6. The van der Waals surface area contributed by atoms with Crippen molar-refractivity contribution in [3.8, 4) is 6.01 Å².